The summed E-state index contributed by atoms with van der Waals surface area (Å²) in [4.78, 5) is 23.2. The molecule has 1 aromatic carbocycles. The highest BCUT2D eigenvalue weighted by Crippen LogP contribution is 2.05. The Labute approximate surface area is 125 Å². The Hall–Kier alpha value is -2.14. The van der Waals surface area contributed by atoms with E-state index < -0.39 is 0 Å². The van der Waals surface area contributed by atoms with Crippen LogP contribution in [0.4, 0.5) is 0 Å². The topological polar surface area (TPSA) is 52.2 Å². The van der Waals surface area contributed by atoms with Crippen LogP contribution in [0.3, 0.4) is 0 Å². The van der Waals surface area contributed by atoms with Gasteiger partial charge in [0.2, 0.25) is 5.91 Å². The second kappa shape index (κ2) is 7.59. The molecule has 0 radical (unpaired) electrons. The molecule has 0 saturated carbocycles. The van der Waals surface area contributed by atoms with Gasteiger partial charge in [-0.2, -0.15) is 0 Å². The molecule has 0 atom stereocenters. The van der Waals surface area contributed by atoms with Crippen molar-refractivity contribution in [1.29, 1.82) is 0 Å². The summed E-state index contributed by atoms with van der Waals surface area (Å²) in [6.07, 6.45) is 4.06. The summed E-state index contributed by atoms with van der Waals surface area (Å²) in [7, 11) is 3.84. The van der Waals surface area contributed by atoms with Crippen molar-refractivity contribution in [2.24, 2.45) is 0 Å². The standard InChI is InChI=1S/C16H22N4O/c1-19(13-15-17-9-10-18-15)11-8-16(21)20(2)12-14-6-4-3-5-7-14/h3-7,9-10H,8,11-13H2,1-2H3,(H,17,18). The number of imidazole rings is 1. The lowest BCUT2D eigenvalue weighted by molar-refractivity contribution is -0.130. The van der Waals surface area contributed by atoms with Crippen molar-refractivity contribution in [3.8, 4) is 0 Å². The SMILES string of the molecule is CN(CCC(=O)N(C)Cc1ccccc1)Cc1ncc[nH]1. The van der Waals surface area contributed by atoms with E-state index in [4.69, 9.17) is 0 Å². The number of hydrogen-bond donors (Lipinski definition) is 1. The van der Waals surface area contributed by atoms with Crippen molar-refractivity contribution in [2.75, 3.05) is 20.6 Å². The summed E-state index contributed by atoms with van der Waals surface area (Å²) in [5, 5.41) is 0. The van der Waals surface area contributed by atoms with E-state index in [1.54, 1.807) is 11.1 Å². The zero-order valence-electron chi connectivity index (χ0n) is 12.6. The summed E-state index contributed by atoms with van der Waals surface area (Å²) < 4.78 is 0. The van der Waals surface area contributed by atoms with Crippen LogP contribution in [-0.4, -0.2) is 46.3 Å². The molecule has 5 nitrogen and oxygen atoms in total. The van der Waals surface area contributed by atoms with E-state index in [0.717, 1.165) is 24.5 Å². The van der Waals surface area contributed by atoms with E-state index in [9.17, 15) is 4.79 Å². The molecule has 2 aromatic rings. The van der Waals surface area contributed by atoms with Gasteiger partial charge in [0.1, 0.15) is 5.82 Å². The first-order valence-electron chi connectivity index (χ1n) is 7.10. The Kier molecular flexibility index (Phi) is 5.51. The molecule has 0 aliphatic carbocycles. The monoisotopic (exact) mass is 286 g/mol. The van der Waals surface area contributed by atoms with Gasteiger partial charge in [0.05, 0.1) is 6.54 Å². The number of rotatable bonds is 7. The van der Waals surface area contributed by atoms with E-state index in [0.29, 0.717) is 13.0 Å². The fourth-order valence-corrected chi connectivity index (χ4v) is 2.14. The fourth-order valence-electron chi connectivity index (χ4n) is 2.14. The van der Waals surface area contributed by atoms with Gasteiger partial charge in [0.25, 0.3) is 0 Å². The molecular weight excluding hydrogens is 264 g/mol. The molecule has 0 aliphatic rings. The van der Waals surface area contributed by atoms with Crippen molar-refractivity contribution < 1.29 is 4.79 Å². The summed E-state index contributed by atoms with van der Waals surface area (Å²) in [6, 6.07) is 10.0. The lowest BCUT2D eigenvalue weighted by Crippen LogP contribution is -2.30. The average molecular weight is 286 g/mol. The van der Waals surface area contributed by atoms with Crippen LogP contribution in [0.5, 0.6) is 0 Å². The number of aromatic amines is 1. The molecule has 0 bridgehead atoms. The number of carbonyl (C=O) groups excluding carboxylic acids is 1. The molecule has 5 heteroatoms. The summed E-state index contributed by atoms with van der Waals surface area (Å²) in [5.74, 6) is 1.08. The molecule has 1 N–H and O–H groups in total. The van der Waals surface area contributed by atoms with Crippen LogP contribution >= 0.6 is 0 Å². The molecular formula is C16H22N4O. The van der Waals surface area contributed by atoms with Gasteiger partial charge < -0.3 is 9.88 Å². The molecule has 112 valence electrons. The Morgan fingerprint density at radius 1 is 1.19 bits per heavy atom. The van der Waals surface area contributed by atoms with Crippen LogP contribution < -0.4 is 0 Å². The average Bonchev–Trinajstić information content (AvgIpc) is 2.98. The number of hydrogen-bond acceptors (Lipinski definition) is 3. The quantitative estimate of drug-likeness (QED) is 0.845. The molecule has 0 unspecified atom stereocenters. The normalized spacial score (nSPS) is 10.8. The smallest absolute Gasteiger partial charge is 0.223 e. The molecule has 1 aromatic heterocycles. The first kappa shape index (κ1) is 15.3. The third-order valence-corrected chi connectivity index (χ3v) is 3.37. The Morgan fingerprint density at radius 3 is 2.62 bits per heavy atom. The number of carbonyl (C=O) groups is 1. The highest BCUT2D eigenvalue weighted by molar-refractivity contribution is 5.76. The lowest BCUT2D eigenvalue weighted by Gasteiger charge is -2.20. The number of nitrogens with zero attached hydrogens (tertiary/aromatic N) is 3. The van der Waals surface area contributed by atoms with E-state index in [2.05, 4.69) is 14.9 Å². The number of amides is 1. The van der Waals surface area contributed by atoms with Crippen molar-refractivity contribution in [2.45, 2.75) is 19.5 Å². The molecule has 0 fully saturated rings. The minimum absolute atomic E-state index is 0.158. The largest absolute Gasteiger partial charge is 0.348 e. The van der Waals surface area contributed by atoms with Crippen LogP contribution in [-0.2, 0) is 17.9 Å². The van der Waals surface area contributed by atoms with Gasteiger partial charge >= 0.3 is 0 Å². The summed E-state index contributed by atoms with van der Waals surface area (Å²) >= 11 is 0. The van der Waals surface area contributed by atoms with E-state index in [1.807, 2.05) is 50.6 Å². The Balaban J connectivity index is 1.73. The molecule has 1 heterocycles. The van der Waals surface area contributed by atoms with E-state index in [1.165, 1.54) is 0 Å². The Morgan fingerprint density at radius 2 is 1.95 bits per heavy atom. The highest BCUT2D eigenvalue weighted by Gasteiger charge is 2.11. The molecule has 2 rings (SSSR count). The number of aromatic nitrogens is 2. The molecule has 0 saturated heterocycles. The van der Waals surface area contributed by atoms with Crippen LogP contribution in [0.25, 0.3) is 0 Å². The second-order valence-electron chi connectivity index (χ2n) is 5.26. The molecule has 21 heavy (non-hydrogen) atoms. The van der Waals surface area contributed by atoms with Gasteiger partial charge in [0, 0.05) is 39.0 Å². The maximum absolute atomic E-state index is 12.1. The summed E-state index contributed by atoms with van der Waals surface area (Å²) in [6.45, 7) is 2.10. The molecule has 0 spiro atoms. The third-order valence-electron chi connectivity index (χ3n) is 3.37. The van der Waals surface area contributed by atoms with Gasteiger partial charge in [-0.3, -0.25) is 9.69 Å². The van der Waals surface area contributed by atoms with Gasteiger partial charge in [-0.25, -0.2) is 4.98 Å². The maximum atomic E-state index is 12.1. The highest BCUT2D eigenvalue weighted by atomic mass is 16.2. The predicted molar refractivity (Wildman–Crippen MR) is 82.5 cm³/mol. The van der Waals surface area contributed by atoms with Crippen LogP contribution in [0.15, 0.2) is 42.7 Å². The minimum atomic E-state index is 0.158. The van der Waals surface area contributed by atoms with Crippen molar-refractivity contribution in [3.63, 3.8) is 0 Å². The number of nitrogens with one attached hydrogen (secondary N) is 1. The maximum Gasteiger partial charge on any atom is 0.223 e. The number of benzene rings is 1. The van der Waals surface area contributed by atoms with Crippen LogP contribution in [0.2, 0.25) is 0 Å². The van der Waals surface area contributed by atoms with E-state index in [-0.39, 0.29) is 5.91 Å². The van der Waals surface area contributed by atoms with Crippen LogP contribution in [0, 0.1) is 0 Å². The predicted octanol–water partition coefficient (Wildman–Crippen LogP) is 1.89. The fraction of sp³-hybridized carbons (Fsp3) is 0.375. The van der Waals surface area contributed by atoms with Gasteiger partial charge in [-0.05, 0) is 12.6 Å². The third kappa shape index (κ3) is 5.04. The lowest BCUT2D eigenvalue weighted by atomic mass is 10.2. The van der Waals surface area contributed by atoms with Crippen LogP contribution in [0.1, 0.15) is 17.8 Å². The van der Waals surface area contributed by atoms with Crippen molar-refractivity contribution in [3.05, 3.63) is 54.1 Å². The first-order valence-corrected chi connectivity index (χ1v) is 7.10. The zero-order valence-corrected chi connectivity index (χ0v) is 12.6. The Bertz CT molecular complexity index is 539. The second-order valence-corrected chi connectivity index (χ2v) is 5.26. The van der Waals surface area contributed by atoms with E-state index >= 15 is 0 Å². The van der Waals surface area contributed by atoms with Gasteiger partial charge in [-0.15, -0.1) is 0 Å². The van der Waals surface area contributed by atoms with Gasteiger partial charge in [-0.1, -0.05) is 30.3 Å². The minimum Gasteiger partial charge on any atom is -0.348 e. The van der Waals surface area contributed by atoms with Gasteiger partial charge in [0.15, 0.2) is 0 Å². The summed E-state index contributed by atoms with van der Waals surface area (Å²) in [5.41, 5.74) is 1.15. The molecule has 1 amide bonds. The van der Waals surface area contributed by atoms with Crippen molar-refractivity contribution in [1.82, 2.24) is 19.8 Å². The zero-order chi connectivity index (χ0) is 15.1. The molecule has 0 aliphatic heterocycles. The number of H-pyrrole nitrogens is 1. The first-order chi connectivity index (χ1) is 10.1. The van der Waals surface area contributed by atoms with Crippen molar-refractivity contribution >= 4 is 5.91 Å².